The number of unbranched alkanes of at least 4 members (excludes halogenated alkanes) is 1. The molecule has 1 unspecified atom stereocenters. The molecule has 0 aliphatic carbocycles. The first-order valence-electron chi connectivity index (χ1n) is 6.17. The van der Waals surface area contributed by atoms with Crippen molar-refractivity contribution >= 4 is 0 Å². The molecule has 2 heterocycles. The quantitative estimate of drug-likeness (QED) is 0.784. The van der Waals surface area contributed by atoms with Gasteiger partial charge in [-0.2, -0.15) is 0 Å². The van der Waals surface area contributed by atoms with Crippen molar-refractivity contribution in [1.29, 1.82) is 0 Å². The maximum absolute atomic E-state index is 5.55. The number of aromatic nitrogens is 1. The molecule has 0 aromatic carbocycles. The molecular formula is C13H21N3. The van der Waals surface area contributed by atoms with Gasteiger partial charge in [0.05, 0.1) is 0 Å². The van der Waals surface area contributed by atoms with E-state index in [1.165, 1.54) is 24.1 Å². The molecule has 0 saturated carbocycles. The van der Waals surface area contributed by atoms with Gasteiger partial charge in [-0.1, -0.05) is 12.5 Å². The molecule has 0 fully saturated rings. The Kier molecular flexibility index (Phi) is 3.91. The molecule has 1 atom stereocenters. The van der Waals surface area contributed by atoms with E-state index in [9.17, 15) is 0 Å². The van der Waals surface area contributed by atoms with Gasteiger partial charge in [-0.05, 0) is 38.1 Å². The van der Waals surface area contributed by atoms with Crippen LogP contribution >= 0.6 is 0 Å². The molecule has 3 heteroatoms. The van der Waals surface area contributed by atoms with Crippen LogP contribution in [0.15, 0.2) is 18.3 Å². The number of hydrogen-bond donors (Lipinski definition) is 1. The summed E-state index contributed by atoms with van der Waals surface area (Å²) in [5, 5.41) is 0. The number of fused-ring (bicyclic) bond motifs is 1. The van der Waals surface area contributed by atoms with Crippen LogP contribution in [0.4, 0.5) is 0 Å². The van der Waals surface area contributed by atoms with E-state index in [0.29, 0.717) is 6.04 Å². The van der Waals surface area contributed by atoms with Crippen LogP contribution in [0.25, 0.3) is 0 Å². The van der Waals surface area contributed by atoms with Gasteiger partial charge in [0.2, 0.25) is 0 Å². The zero-order chi connectivity index (χ0) is 11.4. The second-order valence-corrected chi connectivity index (χ2v) is 4.57. The number of hydrogen-bond acceptors (Lipinski definition) is 3. The Bertz CT molecular complexity index is 338. The highest BCUT2D eigenvalue weighted by molar-refractivity contribution is 5.26. The van der Waals surface area contributed by atoms with Gasteiger partial charge in [0.1, 0.15) is 0 Å². The molecule has 2 N–H and O–H groups in total. The Balaban J connectivity index is 2.10. The predicted molar refractivity (Wildman–Crippen MR) is 66.2 cm³/mol. The van der Waals surface area contributed by atoms with Gasteiger partial charge < -0.3 is 5.73 Å². The summed E-state index contributed by atoms with van der Waals surface area (Å²) in [6.07, 6.45) is 6.52. The summed E-state index contributed by atoms with van der Waals surface area (Å²) in [6.45, 7) is 1.92. The number of pyridine rings is 1. The lowest BCUT2D eigenvalue weighted by molar-refractivity contribution is 0.213. The van der Waals surface area contributed by atoms with E-state index in [4.69, 9.17) is 5.73 Å². The van der Waals surface area contributed by atoms with Crippen LogP contribution in [-0.4, -0.2) is 30.0 Å². The largest absolute Gasteiger partial charge is 0.330 e. The fourth-order valence-corrected chi connectivity index (χ4v) is 2.50. The minimum atomic E-state index is 0.545. The Morgan fingerprint density at radius 2 is 2.38 bits per heavy atom. The van der Waals surface area contributed by atoms with E-state index in [-0.39, 0.29) is 0 Å². The maximum Gasteiger partial charge on any atom is 0.0464 e. The van der Waals surface area contributed by atoms with Crippen LogP contribution < -0.4 is 5.73 Å². The van der Waals surface area contributed by atoms with Crippen LogP contribution in [0.3, 0.4) is 0 Å². The lowest BCUT2D eigenvalue weighted by Crippen LogP contribution is -2.32. The third kappa shape index (κ3) is 2.42. The minimum Gasteiger partial charge on any atom is -0.330 e. The van der Waals surface area contributed by atoms with Crippen molar-refractivity contribution in [3.05, 3.63) is 29.6 Å². The maximum atomic E-state index is 5.55. The molecule has 16 heavy (non-hydrogen) atoms. The molecule has 1 aromatic rings. The molecule has 0 bridgehead atoms. The fourth-order valence-electron chi connectivity index (χ4n) is 2.50. The van der Waals surface area contributed by atoms with Crippen LogP contribution in [0.1, 0.15) is 36.6 Å². The highest BCUT2D eigenvalue weighted by atomic mass is 15.1. The molecule has 1 aliphatic rings. The molecule has 0 amide bonds. The first kappa shape index (κ1) is 11.6. The van der Waals surface area contributed by atoms with E-state index in [1.807, 2.05) is 12.3 Å². The molecule has 88 valence electrons. The lowest BCUT2D eigenvalue weighted by Gasteiger charge is -2.34. The minimum absolute atomic E-state index is 0.545. The van der Waals surface area contributed by atoms with Crippen molar-refractivity contribution in [3.63, 3.8) is 0 Å². The number of nitrogens with zero attached hydrogens (tertiary/aromatic N) is 2. The average Bonchev–Trinajstić information content (AvgIpc) is 2.32. The summed E-state index contributed by atoms with van der Waals surface area (Å²) in [5.74, 6) is 0. The van der Waals surface area contributed by atoms with Crippen molar-refractivity contribution in [2.45, 2.75) is 31.7 Å². The van der Waals surface area contributed by atoms with Gasteiger partial charge in [0.15, 0.2) is 0 Å². The monoisotopic (exact) mass is 219 g/mol. The normalized spacial score (nSPS) is 20.8. The first-order chi connectivity index (χ1) is 7.83. The van der Waals surface area contributed by atoms with Gasteiger partial charge in [0.25, 0.3) is 0 Å². The van der Waals surface area contributed by atoms with Crippen molar-refractivity contribution in [3.8, 4) is 0 Å². The number of nitrogens with two attached hydrogens (primary N) is 1. The first-order valence-corrected chi connectivity index (χ1v) is 6.17. The molecule has 0 spiro atoms. The predicted octanol–water partition coefficient (Wildman–Crippen LogP) is 1.74. The summed E-state index contributed by atoms with van der Waals surface area (Å²) in [7, 11) is 2.21. The zero-order valence-electron chi connectivity index (χ0n) is 10.0. The molecule has 1 aromatic heterocycles. The number of likely N-dealkylation sites (N-methyl/N-ethyl adjacent to an activating group) is 1. The van der Waals surface area contributed by atoms with E-state index in [2.05, 4.69) is 23.0 Å². The summed E-state index contributed by atoms with van der Waals surface area (Å²) in [5.41, 5.74) is 8.26. The third-order valence-corrected chi connectivity index (χ3v) is 3.45. The summed E-state index contributed by atoms with van der Waals surface area (Å²) in [6, 6.07) is 4.82. The molecule has 3 nitrogen and oxygen atoms in total. The Labute approximate surface area is 97.7 Å². The molecular weight excluding hydrogens is 198 g/mol. The average molecular weight is 219 g/mol. The van der Waals surface area contributed by atoms with Gasteiger partial charge in [0, 0.05) is 30.9 Å². The summed E-state index contributed by atoms with van der Waals surface area (Å²) < 4.78 is 0. The van der Waals surface area contributed by atoms with Crippen molar-refractivity contribution in [1.82, 2.24) is 9.88 Å². The Morgan fingerprint density at radius 3 is 3.19 bits per heavy atom. The van der Waals surface area contributed by atoms with Gasteiger partial charge in [-0.25, -0.2) is 0 Å². The summed E-state index contributed by atoms with van der Waals surface area (Å²) in [4.78, 5) is 6.93. The second kappa shape index (κ2) is 5.41. The van der Waals surface area contributed by atoms with Crippen LogP contribution in [0.5, 0.6) is 0 Å². The SMILES string of the molecule is CN1CCc2ncccc2C1CCCCN. The standard InChI is InChI=1S/C13H21N3/c1-16-10-7-12-11(5-4-9-15-12)13(16)6-2-3-8-14/h4-5,9,13H,2-3,6-8,10,14H2,1H3. The van der Waals surface area contributed by atoms with Gasteiger partial charge in [-0.15, -0.1) is 0 Å². The van der Waals surface area contributed by atoms with Crippen molar-refractivity contribution in [2.24, 2.45) is 5.73 Å². The van der Waals surface area contributed by atoms with Gasteiger partial charge >= 0.3 is 0 Å². The van der Waals surface area contributed by atoms with E-state index in [0.717, 1.165) is 25.9 Å². The van der Waals surface area contributed by atoms with Crippen LogP contribution in [-0.2, 0) is 6.42 Å². The highest BCUT2D eigenvalue weighted by Gasteiger charge is 2.24. The zero-order valence-corrected chi connectivity index (χ0v) is 10.0. The van der Waals surface area contributed by atoms with Crippen LogP contribution in [0, 0.1) is 0 Å². The molecule has 1 aliphatic heterocycles. The molecule has 2 rings (SSSR count). The van der Waals surface area contributed by atoms with Crippen molar-refractivity contribution in [2.75, 3.05) is 20.1 Å². The Morgan fingerprint density at radius 1 is 1.50 bits per heavy atom. The molecule has 0 radical (unpaired) electrons. The number of rotatable bonds is 4. The van der Waals surface area contributed by atoms with Crippen LogP contribution in [0.2, 0.25) is 0 Å². The fraction of sp³-hybridized carbons (Fsp3) is 0.615. The highest BCUT2D eigenvalue weighted by Crippen LogP contribution is 2.30. The van der Waals surface area contributed by atoms with E-state index < -0.39 is 0 Å². The molecule has 0 saturated heterocycles. The van der Waals surface area contributed by atoms with E-state index >= 15 is 0 Å². The lowest BCUT2D eigenvalue weighted by atomic mass is 9.93. The van der Waals surface area contributed by atoms with Gasteiger partial charge in [-0.3, -0.25) is 9.88 Å². The second-order valence-electron chi connectivity index (χ2n) is 4.57. The van der Waals surface area contributed by atoms with Crippen molar-refractivity contribution < 1.29 is 0 Å². The smallest absolute Gasteiger partial charge is 0.0464 e. The summed E-state index contributed by atoms with van der Waals surface area (Å²) >= 11 is 0. The third-order valence-electron chi connectivity index (χ3n) is 3.45. The van der Waals surface area contributed by atoms with E-state index in [1.54, 1.807) is 0 Å². The Hall–Kier alpha value is -0.930. The topological polar surface area (TPSA) is 42.2 Å².